The van der Waals surface area contributed by atoms with Gasteiger partial charge in [-0.1, -0.05) is 51.0 Å². The lowest BCUT2D eigenvalue weighted by Crippen LogP contribution is -2.03. The van der Waals surface area contributed by atoms with Crippen LogP contribution in [0.3, 0.4) is 0 Å². The maximum Gasteiger partial charge on any atom is 0.207 e. The molecule has 2 rings (SSSR count). The number of fused-ring (bicyclic) bond motifs is 1. The lowest BCUT2D eigenvalue weighted by atomic mass is 10.1. The zero-order chi connectivity index (χ0) is 15.9. The molecule has 0 saturated heterocycles. The molecule has 0 amide bonds. The molecule has 0 bridgehead atoms. The van der Waals surface area contributed by atoms with Gasteiger partial charge in [0.15, 0.2) is 11.5 Å². The van der Waals surface area contributed by atoms with E-state index >= 15 is 0 Å². The molecule has 2 aromatic rings. The van der Waals surface area contributed by atoms with Crippen LogP contribution in [0.2, 0.25) is 0 Å². The molecule has 0 atom stereocenters. The molecular weight excluding hydrogens is 280 g/mol. The van der Waals surface area contributed by atoms with Crippen LogP contribution in [0, 0.1) is 0 Å². The van der Waals surface area contributed by atoms with Gasteiger partial charge < -0.3 is 19.7 Å². The van der Waals surface area contributed by atoms with Gasteiger partial charge in [0.2, 0.25) is 11.5 Å². The predicted octanol–water partition coefficient (Wildman–Crippen LogP) is 4.61. The van der Waals surface area contributed by atoms with Crippen LogP contribution >= 0.6 is 0 Å². The quantitative estimate of drug-likeness (QED) is 0.552. The third-order valence-corrected chi connectivity index (χ3v) is 3.56. The fourth-order valence-corrected chi connectivity index (χ4v) is 2.26. The highest BCUT2D eigenvalue weighted by atomic mass is 16.5. The van der Waals surface area contributed by atoms with Crippen molar-refractivity contribution >= 4 is 10.8 Å². The molecule has 0 unspecified atom stereocenters. The van der Waals surface area contributed by atoms with E-state index in [1.165, 1.54) is 0 Å². The van der Waals surface area contributed by atoms with Gasteiger partial charge in [0.25, 0.3) is 0 Å². The molecule has 0 fully saturated rings. The Morgan fingerprint density at radius 2 is 1.18 bits per heavy atom. The van der Waals surface area contributed by atoms with Crippen LogP contribution in [0.15, 0.2) is 24.3 Å². The van der Waals surface area contributed by atoms with Crippen LogP contribution in [-0.4, -0.2) is 23.4 Å². The molecule has 0 saturated carbocycles. The van der Waals surface area contributed by atoms with Crippen molar-refractivity contribution in [3.8, 4) is 23.0 Å². The Labute approximate surface area is 131 Å². The Balaban J connectivity index is 2.45. The first-order valence-electron chi connectivity index (χ1n) is 7.92. The molecule has 0 aliphatic carbocycles. The molecule has 0 aliphatic rings. The van der Waals surface area contributed by atoms with Crippen molar-refractivity contribution in [3.05, 3.63) is 24.3 Å². The molecule has 4 heteroatoms. The maximum absolute atomic E-state index is 10.5. The van der Waals surface area contributed by atoms with Gasteiger partial charge >= 0.3 is 0 Å². The van der Waals surface area contributed by atoms with E-state index < -0.39 is 0 Å². The average molecular weight is 304 g/mol. The van der Waals surface area contributed by atoms with Gasteiger partial charge in [0, 0.05) is 10.8 Å². The van der Waals surface area contributed by atoms with Gasteiger partial charge in [0.1, 0.15) is 0 Å². The molecule has 2 N–H and O–H groups in total. The zero-order valence-corrected chi connectivity index (χ0v) is 13.3. The Morgan fingerprint density at radius 3 is 1.55 bits per heavy atom. The number of unbranched alkanes of at least 4 members (excludes halogenated alkanes) is 2. The second-order valence-corrected chi connectivity index (χ2v) is 5.31. The number of aromatic hydroxyl groups is 2. The molecule has 0 aromatic heterocycles. The Morgan fingerprint density at radius 1 is 0.773 bits per heavy atom. The molecule has 2 aromatic carbocycles. The van der Waals surface area contributed by atoms with E-state index in [2.05, 4.69) is 13.8 Å². The second-order valence-electron chi connectivity index (χ2n) is 5.31. The van der Waals surface area contributed by atoms with Crippen molar-refractivity contribution in [3.63, 3.8) is 0 Å². The Bertz CT molecular complexity index is 568. The molecule has 120 valence electrons. The number of rotatable bonds is 8. The number of hydrogen-bond acceptors (Lipinski definition) is 4. The smallest absolute Gasteiger partial charge is 0.207 e. The summed E-state index contributed by atoms with van der Waals surface area (Å²) in [5, 5.41) is 22.1. The summed E-state index contributed by atoms with van der Waals surface area (Å²) in [7, 11) is 0. The molecule has 4 nitrogen and oxygen atoms in total. The minimum Gasteiger partial charge on any atom is -0.504 e. The molecule has 0 spiro atoms. The normalized spacial score (nSPS) is 10.8. The maximum atomic E-state index is 10.5. The van der Waals surface area contributed by atoms with E-state index in [4.69, 9.17) is 9.47 Å². The van der Waals surface area contributed by atoms with Gasteiger partial charge in [-0.15, -0.1) is 0 Å². The molecule has 0 aliphatic heterocycles. The van der Waals surface area contributed by atoms with Crippen LogP contribution in [0.5, 0.6) is 23.0 Å². The van der Waals surface area contributed by atoms with E-state index in [-0.39, 0.29) is 23.0 Å². The number of phenols is 2. The van der Waals surface area contributed by atoms with Gasteiger partial charge in [0.05, 0.1) is 13.2 Å². The SMILES string of the molecule is CCCCOc1c(OCCCC)c(O)c2ccccc2c1O. The lowest BCUT2D eigenvalue weighted by Gasteiger charge is -2.17. The van der Waals surface area contributed by atoms with Crippen LogP contribution < -0.4 is 9.47 Å². The van der Waals surface area contributed by atoms with Crippen LogP contribution in [0.25, 0.3) is 10.8 Å². The fourth-order valence-electron chi connectivity index (χ4n) is 2.26. The number of hydrogen-bond donors (Lipinski definition) is 2. The van der Waals surface area contributed by atoms with E-state index in [1.54, 1.807) is 12.1 Å². The van der Waals surface area contributed by atoms with Crippen LogP contribution in [-0.2, 0) is 0 Å². The Hall–Kier alpha value is -2.10. The number of ether oxygens (including phenoxy) is 2. The second kappa shape index (κ2) is 7.78. The van der Waals surface area contributed by atoms with Crippen molar-refractivity contribution < 1.29 is 19.7 Å². The predicted molar refractivity (Wildman–Crippen MR) is 88.1 cm³/mol. The van der Waals surface area contributed by atoms with Gasteiger partial charge in [-0.2, -0.15) is 0 Å². The monoisotopic (exact) mass is 304 g/mol. The summed E-state index contributed by atoms with van der Waals surface area (Å²) in [5.74, 6) is 0.522. The third-order valence-electron chi connectivity index (χ3n) is 3.56. The molecule has 22 heavy (non-hydrogen) atoms. The van der Waals surface area contributed by atoms with Gasteiger partial charge in [-0.25, -0.2) is 0 Å². The molecule has 0 radical (unpaired) electrons. The standard InChI is InChI=1S/C18H24O4/c1-3-5-11-21-17-15(19)13-9-7-8-10-14(13)16(20)18(17)22-12-6-4-2/h7-10,19-20H,3-6,11-12H2,1-2H3. The summed E-state index contributed by atoms with van der Waals surface area (Å²) in [6.45, 7) is 5.09. The van der Waals surface area contributed by atoms with Gasteiger partial charge in [-0.05, 0) is 12.8 Å². The minimum absolute atomic E-state index is 0.0241. The summed E-state index contributed by atoms with van der Waals surface area (Å²) < 4.78 is 11.4. The number of phenolic OH excluding ortho intramolecular Hbond substituents is 2. The first-order valence-corrected chi connectivity index (χ1v) is 7.92. The van der Waals surface area contributed by atoms with E-state index in [0.717, 1.165) is 25.7 Å². The van der Waals surface area contributed by atoms with Crippen LogP contribution in [0.4, 0.5) is 0 Å². The average Bonchev–Trinajstić information content (AvgIpc) is 2.54. The Kier molecular flexibility index (Phi) is 5.75. The van der Waals surface area contributed by atoms with Crippen LogP contribution in [0.1, 0.15) is 39.5 Å². The molecule has 0 heterocycles. The zero-order valence-electron chi connectivity index (χ0n) is 13.3. The number of benzene rings is 2. The van der Waals surface area contributed by atoms with Crippen molar-refractivity contribution in [2.45, 2.75) is 39.5 Å². The van der Waals surface area contributed by atoms with Crippen molar-refractivity contribution in [1.82, 2.24) is 0 Å². The summed E-state index contributed by atoms with van der Waals surface area (Å²) >= 11 is 0. The van der Waals surface area contributed by atoms with Crippen molar-refractivity contribution in [2.75, 3.05) is 13.2 Å². The van der Waals surface area contributed by atoms with Crippen molar-refractivity contribution in [2.24, 2.45) is 0 Å². The minimum atomic E-state index is 0.0241. The first-order chi connectivity index (χ1) is 10.7. The van der Waals surface area contributed by atoms with E-state index in [9.17, 15) is 10.2 Å². The topological polar surface area (TPSA) is 58.9 Å². The summed E-state index contributed by atoms with van der Waals surface area (Å²) in [4.78, 5) is 0. The fraction of sp³-hybridized carbons (Fsp3) is 0.444. The van der Waals surface area contributed by atoms with Crippen molar-refractivity contribution in [1.29, 1.82) is 0 Å². The van der Waals surface area contributed by atoms with Gasteiger partial charge in [-0.3, -0.25) is 0 Å². The van der Waals surface area contributed by atoms with E-state index in [1.807, 2.05) is 12.1 Å². The summed E-state index contributed by atoms with van der Waals surface area (Å²) in [6.07, 6.45) is 3.74. The first kappa shape index (κ1) is 16.3. The summed E-state index contributed by atoms with van der Waals surface area (Å²) in [5.41, 5.74) is 0. The highest BCUT2D eigenvalue weighted by molar-refractivity contribution is 5.98. The van der Waals surface area contributed by atoms with E-state index in [0.29, 0.717) is 24.0 Å². The largest absolute Gasteiger partial charge is 0.504 e. The summed E-state index contributed by atoms with van der Waals surface area (Å²) in [6, 6.07) is 7.14. The lowest BCUT2D eigenvalue weighted by molar-refractivity contribution is 0.245. The molecular formula is C18H24O4. The highest BCUT2D eigenvalue weighted by Crippen LogP contribution is 2.50. The third kappa shape index (κ3) is 3.38. The highest BCUT2D eigenvalue weighted by Gasteiger charge is 2.21.